The number of nitrogens with zero attached hydrogens (tertiary/aromatic N) is 5. The number of aromatic nitrogens is 1. The fraction of sp³-hybridized carbons (Fsp3) is 0.356. The number of halogens is 1. The molecule has 17 heteroatoms. The molecule has 2 atom stereocenters. The Kier molecular flexibility index (Phi) is 18.6. The van der Waals surface area contributed by atoms with Crippen molar-refractivity contribution >= 4 is 35.9 Å². The molecule has 2 unspecified atom stereocenters. The summed E-state index contributed by atoms with van der Waals surface area (Å²) < 4.78 is 39.0. The second-order valence-corrected chi connectivity index (χ2v) is 19.7. The molecule has 0 radical (unpaired) electrons. The van der Waals surface area contributed by atoms with Gasteiger partial charge in [0, 0.05) is 86.8 Å². The monoisotopic (exact) mass is 1030 g/mol. The summed E-state index contributed by atoms with van der Waals surface area (Å²) >= 11 is 0. The van der Waals surface area contributed by atoms with Crippen LogP contribution in [0.4, 0.5) is 15.0 Å². The lowest BCUT2D eigenvalue weighted by molar-refractivity contribution is -0.198. The molecule has 394 valence electrons. The number of nitrogens with one attached hydrogen (secondary N) is 2. The number of benzene rings is 4. The number of hydrogen-bond acceptors (Lipinski definition) is 13. The number of anilines is 1. The smallest absolute Gasteiger partial charge is 0.410 e. The van der Waals surface area contributed by atoms with Gasteiger partial charge in [0.1, 0.15) is 47.3 Å². The molecule has 0 saturated carbocycles. The quantitative estimate of drug-likeness (QED) is 0.0660. The molecule has 3 fully saturated rings. The minimum atomic E-state index is -0.755. The first-order valence-electron chi connectivity index (χ1n) is 25.6. The molecule has 0 aliphatic carbocycles. The molecule has 5 aromatic rings. The highest BCUT2D eigenvalue weighted by Crippen LogP contribution is 2.41. The Labute approximate surface area is 442 Å². The third-order valence-electron chi connectivity index (χ3n) is 13.0. The standard InChI is InChI=1S/C59H62FN7O9/c1-59(2,3)74-58(70)67(38-41-17-15-40(16-18-41)19-25-52(68)64-75-54-13-7-9-31-71-54)47-27-29-66(30-28-47)57-48(36-62)56(45-22-23-46(35-61)50(60)33-45)49(37-63-57)44-21-20-43(51(34-44)73-39-42-11-5-4-6-12-42)24-26-53(69)65-76-55-14-8-10-32-72-55/h4-6,11-12,15-26,33-34,37,47,54-55H,7-10,13-14,27-32,38-39H2,1-3H3,(H,64,68)(H,65,69)/b25-19+,26-24+. The van der Waals surface area contributed by atoms with Crippen molar-refractivity contribution in [2.45, 2.75) is 110 Å². The molecule has 76 heavy (non-hydrogen) atoms. The Balaban J connectivity index is 1.04. The van der Waals surface area contributed by atoms with Crippen LogP contribution in [0.15, 0.2) is 109 Å². The van der Waals surface area contributed by atoms with E-state index >= 15 is 4.39 Å². The number of nitriles is 2. The maximum atomic E-state index is 15.6. The van der Waals surface area contributed by atoms with E-state index in [1.807, 2.05) is 92.4 Å². The Hall–Kier alpha value is -7.93. The van der Waals surface area contributed by atoms with Crippen molar-refractivity contribution < 1.29 is 47.4 Å². The lowest BCUT2D eigenvalue weighted by atomic mass is 9.90. The summed E-state index contributed by atoms with van der Waals surface area (Å²) in [5.74, 6) is -0.852. The highest BCUT2D eigenvalue weighted by molar-refractivity contribution is 5.93. The van der Waals surface area contributed by atoms with Crippen molar-refractivity contribution in [2.75, 3.05) is 31.2 Å². The Morgan fingerprint density at radius 1 is 0.789 bits per heavy atom. The summed E-state index contributed by atoms with van der Waals surface area (Å²) in [6.45, 7) is 7.92. The van der Waals surface area contributed by atoms with E-state index in [1.54, 1.807) is 41.4 Å². The summed E-state index contributed by atoms with van der Waals surface area (Å²) in [6.07, 6.45) is 12.4. The topological polar surface area (TPSA) is 198 Å². The fourth-order valence-electron chi connectivity index (χ4n) is 9.07. The zero-order valence-corrected chi connectivity index (χ0v) is 43.0. The molecule has 3 saturated heterocycles. The normalized spacial score (nSPS) is 17.2. The van der Waals surface area contributed by atoms with Gasteiger partial charge >= 0.3 is 6.09 Å². The molecule has 3 aliphatic heterocycles. The van der Waals surface area contributed by atoms with Crippen LogP contribution in [0, 0.1) is 28.5 Å². The second kappa shape index (κ2) is 26.0. The minimum Gasteiger partial charge on any atom is -0.488 e. The minimum absolute atomic E-state index is 0.146. The number of hydrogen-bond donors (Lipinski definition) is 2. The van der Waals surface area contributed by atoms with Gasteiger partial charge in [-0.25, -0.2) is 34.8 Å². The van der Waals surface area contributed by atoms with Crippen molar-refractivity contribution in [3.05, 3.63) is 149 Å². The maximum Gasteiger partial charge on any atom is 0.410 e. The number of rotatable bonds is 17. The van der Waals surface area contributed by atoms with Crippen molar-refractivity contribution in [3.63, 3.8) is 0 Å². The summed E-state index contributed by atoms with van der Waals surface area (Å²) in [4.78, 5) is 58.8. The van der Waals surface area contributed by atoms with Crippen molar-refractivity contribution in [3.8, 4) is 40.1 Å². The summed E-state index contributed by atoms with van der Waals surface area (Å²) in [5.41, 5.74) is 9.11. The van der Waals surface area contributed by atoms with Crippen LogP contribution in [-0.4, -0.2) is 78.3 Å². The fourth-order valence-corrected chi connectivity index (χ4v) is 9.07. The predicted molar refractivity (Wildman–Crippen MR) is 282 cm³/mol. The summed E-state index contributed by atoms with van der Waals surface area (Å²) in [6, 6.07) is 30.8. The molecule has 0 spiro atoms. The third kappa shape index (κ3) is 14.9. The zero-order valence-electron chi connectivity index (χ0n) is 43.0. The van der Waals surface area contributed by atoms with Crippen LogP contribution in [0.1, 0.15) is 106 Å². The van der Waals surface area contributed by atoms with Gasteiger partial charge in [0.05, 0.1) is 5.56 Å². The first kappa shape index (κ1) is 54.3. The first-order valence-corrected chi connectivity index (χ1v) is 25.6. The highest BCUT2D eigenvalue weighted by Gasteiger charge is 2.33. The van der Waals surface area contributed by atoms with E-state index in [9.17, 15) is 24.9 Å². The molecule has 4 heterocycles. The molecule has 0 bridgehead atoms. The lowest BCUT2D eigenvalue weighted by Gasteiger charge is -2.40. The maximum absolute atomic E-state index is 15.6. The van der Waals surface area contributed by atoms with Gasteiger partial charge in [-0.05, 0) is 117 Å². The zero-order chi connectivity index (χ0) is 53.4. The van der Waals surface area contributed by atoms with Crippen molar-refractivity contribution in [1.82, 2.24) is 20.8 Å². The number of hydroxylamine groups is 2. The van der Waals surface area contributed by atoms with Crippen molar-refractivity contribution in [2.24, 2.45) is 0 Å². The van der Waals surface area contributed by atoms with Crippen molar-refractivity contribution in [1.29, 1.82) is 10.5 Å². The van der Waals surface area contributed by atoms with E-state index < -0.39 is 41.9 Å². The largest absolute Gasteiger partial charge is 0.488 e. The molecule has 16 nitrogen and oxygen atoms in total. The number of carbonyl (C=O) groups is 3. The van der Waals surface area contributed by atoms with Gasteiger partial charge in [-0.2, -0.15) is 10.5 Å². The van der Waals surface area contributed by atoms with E-state index in [1.165, 1.54) is 24.3 Å². The summed E-state index contributed by atoms with van der Waals surface area (Å²) in [7, 11) is 0. The van der Waals surface area contributed by atoms with Crippen LogP contribution in [0.5, 0.6) is 5.75 Å². The van der Waals surface area contributed by atoms with Crippen LogP contribution < -0.4 is 20.6 Å². The molecular weight excluding hydrogens is 970 g/mol. The van der Waals surface area contributed by atoms with Crippen LogP contribution in [0.3, 0.4) is 0 Å². The number of carbonyl (C=O) groups excluding carboxylic acids is 3. The van der Waals surface area contributed by atoms with E-state index in [4.69, 9.17) is 33.6 Å². The average Bonchev–Trinajstić information content (AvgIpc) is 3.44. The number of ether oxygens (including phenoxy) is 4. The molecule has 8 rings (SSSR count). The molecule has 2 N–H and O–H groups in total. The van der Waals surface area contributed by atoms with Gasteiger partial charge < -0.3 is 28.7 Å². The van der Waals surface area contributed by atoms with Crippen LogP contribution in [0.2, 0.25) is 0 Å². The van der Waals surface area contributed by atoms with Crippen LogP contribution in [-0.2, 0) is 46.6 Å². The van der Waals surface area contributed by atoms with Gasteiger partial charge in [-0.1, -0.05) is 72.8 Å². The van der Waals surface area contributed by atoms with Gasteiger partial charge in [-0.3, -0.25) is 9.59 Å². The SMILES string of the molecule is CC(C)(C)OC(=O)N(Cc1ccc(/C=C/C(=O)NOC2CCCCO2)cc1)C1CCN(c2ncc(-c3ccc(/C=C/C(=O)NOC4CCCCO4)c(OCc4ccccc4)c3)c(-c3ccc(C#N)c(F)c3)c2C#N)CC1. The molecular formula is C59H62FN7O9. The highest BCUT2D eigenvalue weighted by atomic mass is 19.1. The number of amides is 3. The van der Waals surface area contributed by atoms with E-state index in [2.05, 4.69) is 17.0 Å². The summed E-state index contributed by atoms with van der Waals surface area (Å²) in [5, 5.41) is 20.7. The Bertz CT molecular complexity index is 2960. The van der Waals surface area contributed by atoms with Gasteiger partial charge in [-0.15, -0.1) is 0 Å². The van der Waals surface area contributed by atoms with Gasteiger partial charge in [0.15, 0.2) is 12.6 Å². The van der Waals surface area contributed by atoms with Gasteiger partial charge in [0.2, 0.25) is 0 Å². The second-order valence-electron chi connectivity index (χ2n) is 19.7. The Morgan fingerprint density at radius 2 is 1.45 bits per heavy atom. The average molecular weight is 1030 g/mol. The van der Waals surface area contributed by atoms with E-state index in [0.29, 0.717) is 91.4 Å². The molecule has 1 aromatic heterocycles. The number of pyridine rings is 1. The molecule has 3 amide bonds. The van der Waals surface area contributed by atoms with E-state index in [0.717, 1.165) is 42.4 Å². The van der Waals surface area contributed by atoms with Crippen LogP contribution >= 0.6 is 0 Å². The van der Waals surface area contributed by atoms with Gasteiger partial charge in [0.25, 0.3) is 11.8 Å². The lowest BCUT2D eigenvalue weighted by Crippen LogP contribution is -2.48. The third-order valence-corrected chi connectivity index (χ3v) is 13.0. The molecule has 3 aliphatic rings. The van der Waals surface area contributed by atoms with E-state index in [-0.39, 0.29) is 30.3 Å². The molecule has 4 aromatic carbocycles. The van der Waals surface area contributed by atoms with Crippen LogP contribution in [0.25, 0.3) is 34.4 Å². The number of piperidine rings is 1. The predicted octanol–water partition coefficient (Wildman–Crippen LogP) is 10.5. The first-order chi connectivity index (χ1) is 36.8. The Morgan fingerprint density at radius 3 is 2.05 bits per heavy atom.